The van der Waals surface area contributed by atoms with Gasteiger partial charge in [0.2, 0.25) is 0 Å². The summed E-state index contributed by atoms with van der Waals surface area (Å²) in [4.78, 5) is 0. The molecule has 0 aliphatic heterocycles. The van der Waals surface area contributed by atoms with Crippen molar-refractivity contribution < 1.29 is 15.3 Å². The van der Waals surface area contributed by atoms with Gasteiger partial charge in [-0.2, -0.15) is 0 Å². The van der Waals surface area contributed by atoms with E-state index in [4.69, 9.17) is 0 Å². The van der Waals surface area contributed by atoms with Crippen molar-refractivity contribution in [1.29, 1.82) is 0 Å². The van der Waals surface area contributed by atoms with E-state index in [1.165, 1.54) is 0 Å². The summed E-state index contributed by atoms with van der Waals surface area (Å²) in [7, 11) is 0. The van der Waals surface area contributed by atoms with E-state index in [1.807, 2.05) is 0 Å². The first-order chi connectivity index (χ1) is 6.63. The lowest BCUT2D eigenvalue weighted by Crippen LogP contribution is -2.34. The van der Waals surface area contributed by atoms with Crippen molar-refractivity contribution >= 4 is 0 Å². The van der Waals surface area contributed by atoms with E-state index in [2.05, 4.69) is 6.92 Å². The van der Waals surface area contributed by atoms with E-state index >= 15 is 0 Å². The Kier molecular flexibility index (Phi) is 4.85. The minimum Gasteiger partial charge on any atom is -0.393 e. The van der Waals surface area contributed by atoms with Gasteiger partial charge >= 0.3 is 0 Å². The zero-order chi connectivity index (χ0) is 10.6. The van der Waals surface area contributed by atoms with Gasteiger partial charge in [-0.1, -0.05) is 13.3 Å². The van der Waals surface area contributed by atoms with Gasteiger partial charge in [-0.3, -0.25) is 0 Å². The maximum atomic E-state index is 9.61. The summed E-state index contributed by atoms with van der Waals surface area (Å²) in [6.07, 6.45) is 3.50. The third-order valence-corrected chi connectivity index (χ3v) is 3.12. The van der Waals surface area contributed by atoms with Gasteiger partial charge in [-0.05, 0) is 38.0 Å². The Balaban J connectivity index is 2.25. The minimum atomic E-state index is -0.581. The maximum absolute atomic E-state index is 9.61. The van der Waals surface area contributed by atoms with Crippen LogP contribution in [0.1, 0.15) is 45.4 Å². The Bertz CT molecular complexity index is 161. The smallest absolute Gasteiger partial charge is 0.0801 e. The summed E-state index contributed by atoms with van der Waals surface area (Å²) >= 11 is 0. The van der Waals surface area contributed by atoms with E-state index in [0.717, 1.165) is 25.7 Å². The van der Waals surface area contributed by atoms with Gasteiger partial charge in [0.15, 0.2) is 0 Å². The third-order valence-electron chi connectivity index (χ3n) is 3.12. The van der Waals surface area contributed by atoms with E-state index in [0.29, 0.717) is 18.8 Å². The van der Waals surface area contributed by atoms with Crippen molar-refractivity contribution in [3.63, 3.8) is 0 Å². The van der Waals surface area contributed by atoms with E-state index in [9.17, 15) is 15.3 Å². The lowest BCUT2D eigenvalue weighted by atomic mass is 9.82. The number of hydrogen-bond donors (Lipinski definition) is 3. The molecule has 3 heteroatoms. The average Bonchev–Trinajstić information content (AvgIpc) is 2.12. The quantitative estimate of drug-likeness (QED) is 0.639. The lowest BCUT2D eigenvalue weighted by molar-refractivity contribution is -0.0328. The van der Waals surface area contributed by atoms with Crippen LogP contribution in [-0.4, -0.2) is 33.6 Å². The molecule has 0 aromatic carbocycles. The molecule has 0 aromatic rings. The second-order valence-electron chi connectivity index (χ2n) is 4.49. The molecule has 0 amide bonds. The second kappa shape index (κ2) is 5.69. The molecule has 0 aromatic heterocycles. The van der Waals surface area contributed by atoms with Crippen LogP contribution in [-0.2, 0) is 0 Å². The molecule has 3 N–H and O–H groups in total. The van der Waals surface area contributed by atoms with Crippen LogP contribution in [0.2, 0.25) is 0 Å². The fourth-order valence-electron chi connectivity index (χ4n) is 2.27. The summed E-state index contributed by atoms with van der Waals surface area (Å²) in [5.41, 5.74) is 0. The molecule has 0 radical (unpaired) electrons. The summed E-state index contributed by atoms with van der Waals surface area (Å²) in [6.45, 7) is 2.06. The summed E-state index contributed by atoms with van der Waals surface area (Å²) in [5, 5.41) is 28.4. The standard InChI is InChI=1S/C11H22O3/c1-2-3-9(12)6-8-4-5-10(13)11(14)7-8/h8-14H,2-7H2,1H3. The molecule has 0 bridgehead atoms. The first-order valence-corrected chi connectivity index (χ1v) is 5.67. The zero-order valence-corrected chi connectivity index (χ0v) is 8.89. The van der Waals surface area contributed by atoms with Crippen molar-refractivity contribution in [3.05, 3.63) is 0 Å². The lowest BCUT2D eigenvalue weighted by Gasteiger charge is -2.31. The molecule has 0 heterocycles. The fourth-order valence-corrected chi connectivity index (χ4v) is 2.27. The highest BCUT2D eigenvalue weighted by Crippen LogP contribution is 2.28. The minimum absolute atomic E-state index is 0.229. The fraction of sp³-hybridized carbons (Fsp3) is 1.00. The maximum Gasteiger partial charge on any atom is 0.0801 e. The molecule has 1 aliphatic carbocycles. The topological polar surface area (TPSA) is 60.7 Å². The number of aliphatic hydroxyl groups excluding tert-OH is 3. The molecule has 1 fully saturated rings. The largest absolute Gasteiger partial charge is 0.393 e. The highest BCUT2D eigenvalue weighted by atomic mass is 16.3. The van der Waals surface area contributed by atoms with Crippen LogP contribution in [0.4, 0.5) is 0 Å². The van der Waals surface area contributed by atoms with Crippen molar-refractivity contribution in [2.24, 2.45) is 5.92 Å². The van der Waals surface area contributed by atoms with Gasteiger partial charge in [-0.15, -0.1) is 0 Å². The Morgan fingerprint density at radius 3 is 2.50 bits per heavy atom. The van der Waals surface area contributed by atoms with Crippen LogP contribution in [0.3, 0.4) is 0 Å². The third kappa shape index (κ3) is 3.56. The molecule has 1 aliphatic rings. The molecule has 84 valence electrons. The van der Waals surface area contributed by atoms with Gasteiger partial charge in [0.25, 0.3) is 0 Å². The molecular weight excluding hydrogens is 180 g/mol. The highest BCUT2D eigenvalue weighted by Gasteiger charge is 2.28. The number of hydrogen-bond acceptors (Lipinski definition) is 3. The van der Waals surface area contributed by atoms with Gasteiger partial charge < -0.3 is 15.3 Å². The zero-order valence-electron chi connectivity index (χ0n) is 8.89. The molecule has 4 unspecified atom stereocenters. The van der Waals surface area contributed by atoms with Crippen LogP contribution >= 0.6 is 0 Å². The molecule has 4 atom stereocenters. The number of rotatable bonds is 4. The predicted molar refractivity (Wildman–Crippen MR) is 54.9 cm³/mol. The van der Waals surface area contributed by atoms with Crippen LogP contribution in [0.25, 0.3) is 0 Å². The van der Waals surface area contributed by atoms with Crippen LogP contribution in [0.5, 0.6) is 0 Å². The monoisotopic (exact) mass is 202 g/mol. The number of aliphatic hydroxyl groups is 3. The molecular formula is C11H22O3. The molecule has 1 saturated carbocycles. The van der Waals surface area contributed by atoms with Gasteiger partial charge in [0, 0.05) is 0 Å². The first-order valence-electron chi connectivity index (χ1n) is 5.67. The highest BCUT2D eigenvalue weighted by molar-refractivity contribution is 4.80. The summed E-state index contributed by atoms with van der Waals surface area (Å²) in [6, 6.07) is 0. The van der Waals surface area contributed by atoms with Crippen LogP contribution in [0.15, 0.2) is 0 Å². The second-order valence-corrected chi connectivity index (χ2v) is 4.49. The van der Waals surface area contributed by atoms with E-state index < -0.39 is 12.2 Å². The van der Waals surface area contributed by atoms with Crippen molar-refractivity contribution in [3.8, 4) is 0 Å². The Hall–Kier alpha value is -0.120. The SMILES string of the molecule is CCCC(O)CC1CCC(O)C(O)C1. The van der Waals surface area contributed by atoms with E-state index in [1.54, 1.807) is 0 Å². The van der Waals surface area contributed by atoms with Crippen molar-refractivity contribution in [2.45, 2.75) is 63.8 Å². The van der Waals surface area contributed by atoms with Gasteiger partial charge in [0.1, 0.15) is 0 Å². The van der Waals surface area contributed by atoms with Gasteiger partial charge in [0.05, 0.1) is 18.3 Å². The summed E-state index contributed by atoms with van der Waals surface area (Å²) < 4.78 is 0. The van der Waals surface area contributed by atoms with Crippen molar-refractivity contribution in [1.82, 2.24) is 0 Å². The molecule has 0 spiro atoms. The average molecular weight is 202 g/mol. The van der Waals surface area contributed by atoms with Crippen LogP contribution in [0, 0.1) is 5.92 Å². The predicted octanol–water partition coefficient (Wildman–Crippen LogP) is 1.06. The van der Waals surface area contributed by atoms with Crippen LogP contribution < -0.4 is 0 Å². The van der Waals surface area contributed by atoms with Crippen molar-refractivity contribution in [2.75, 3.05) is 0 Å². The molecule has 0 saturated heterocycles. The molecule has 3 nitrogen and oxygen atoms in total. The molecule has 14 heavy (non-hydrogen) atoms. The first kappa shape index (κ1) is 12.0. The normalized spacial score (nSPS) is 35.6. The Morgan fingerprint density at radius 2 is 1.93 bits per heavy atom. The Labute approximate surface area is 85.8 Å². The van der Waals surface area contributed by atoms with Gasteiger partial charge in [-0.25, -0.2) is 0 Å². The van der Waals surface area contributed by atoms with E-state index in [-0.39, 0.29) is 6.10 Å². The Morgan fingerprint density at radius 1 is 1.21 bits per heavy atom. The summed E-state index contributed by atoms with van der Waals surface area (Å²) in [5.74, 6) is 0.384. The molecule has 1 rings (SSSR count).